The summed E-state index contributed by atoms with van der Waals surface area (Å²) in [6, 6.07) is 5.40. The molecule has 21 heavy (non-hydrogen) atoms. The summed E-state index contributed by atoms with van der Waals surface area (Å²) in [5.74, 6) is -0.220. The van der Waals surface area contributed by atoms with E-state index in [1.807, 2.05) is 0 Å². The molecule has 0 saturated carbocycles. The summed E-state index contributed by atoms with van der Waals surface area (Å²) in [6.45, 7) is 3.70. The van der Waals surface area contributed by atoms with Crippen LogP contribution in [0.25, 0.3) is 0 Å². The first kappa shape index (κ1) is 19.4. The largest absolute Gasteiger partial charge is 0.370 e. The van der Waals surface area contributed by atoms with E-state index in [2.05, 4.69) is 22.5 Å². The van der Waals surface area contributed by atoms with E-state index >= 15 is 0 Å². The van der Waals surface area contributed by atoms with Crippen LogP contribution in [0.3, 0.4) is 0 Å². The summed E-state index contributed by atoms with van der Waals surface area (Å²) >= 11 is 0. The van der Waals surface area contributed by atoms with Crippen LogP contribution in [0.4, 0.5) is 4.39 Å². The van der Waals surface area contributed by atoms with Gasteiger partial charge in [-0.2, -0.15) is 0 Å². The predicted octanol–water partition coefficient (Wildman–Crippen LogP) is 1.84. The monoisotopic (exact) mass is 360 g/mol. The van der Waals surface area contributed by atoms with Crippen LogP contribution in [0.2, 0.25) is 0 Å². The molecular weight excluding hydrogens is 339 g/mol. The van der Waals surface area contributed by atoms with Crippen LogP contribution in [0.1, 0.15) is 30.1 Å². The molecule has 1 rings (SSSR count). The summed E-state index contributed by atoms with van der Waals surface area (Å²) in [6.07, 6.45) is 2.08. The quantitative estimate of drug-likeness (QED) is 0.394. The molecule has 0 fully saturated rings. The zero-order valence-corrected chi connectivity index (χ0v) is 13.8. The van der Waals surface area contributed by atoms with Gasteiger partial charge in [0.25, 0.3) is 5.91 Å². The number of guanidine groups is 1. The van der Waals surface area contributed by atoms with Crippen molar-refractivity contribution >= 4 is 28.8 Å². The first-order chi connectivity index (χ1) is 9.63. The lowest BCUT2D eigenvalue weighted by Gasteiger charge is -2.07. The highest BCUT2D eigenvalue weighted by Crippen LogP contribution is 2.01. The first-order valence-corrected chi connectivity index (χ1v) is 6.71. The van der Waals surface area contributed by atoms with E-state index in [-0.39, 0.29) is 28.7 Å². The Morgan fingerprint density at radius 1 is 1.24 bits per heavy atom. The number of benzene rings is 1. The highest BCUT2D eigenvalue weighted by molar-refractivity contribution is 8.93. The van der Waals surface area contributed by atoms with Crippen LogP contribution in [0, 0.1) is 5.82 Å². The van der Waals surface area contributed by atoms with Gasteiger partial charge >= 0.3 is 0 Å². The molecule has 0 spiro atoms. The third-order valence-corrected chi connectivity index (χ3v) is 2.62. The number of nitrogens with two attached hydrogens (primary N) is 1. The third-order valence-electron chi connectivity index (χ3n) is 2.62. The first-order valence-electron chi connectivity index (χ1n) is 6.71. The molecule has 1 amide bonds. The topological polar surface area (TPSA) is 79.5 Å². The average molecular weight is 361 g/mol. The Balaban J connectivity index is 0.00000400. The van der Waals surface area contributed by atoms with Crippen LogP contribution < -0.4 is 16.4 Å². The maximum Gasteiger partial charge on any atom is 0.251 e. The number of hydrogen-bond acceptors (Lipinski definition) is 2. The molecular formula is C14H22BrFN4O. The Morgan fingerprint density at radius 2 is 1.86 bits per heavy atom. The van der Waals surface area contributed by atoms with Crippen molar-refractivity contribution in [2.75, 3.05) is 19.6 Å². The number of amides is 1. The molecule has 1 aromatic carbocycles. The number of halogens is 2. The Morgan fingerprint density at radius 3 is 2.48 bits per heavy atom. The average Bonchev–Trinajstić information content (AvgIpc) is 2.44. The highest BCUT2D eigenvalue weighted by atomic mass is 79.9. The fourth-order valence-electron chi connectivity index (χ4n) is 1.48. The molecule has 0 heterocycles. The van der Waals surface area contributed by atoms with E-state index in [0.717, 1.165) is 12.8 Å². The van der Waals surface area contributed by atoms with Crippen molar-refractivity contribution in [3.63, 3.8) is 0 Å². The van der Waals surface area contributed by atoms with Crippen molar-refractivity contribution in [2.45, 2.75) is 19.8 Å². The number of hydrogen-bond donors (Lipinski definition) is 3. The molecule has 0 bridgehead atoms. The molecule has 1 aromatic rings. The zero-order chi connectivity index (χ0) is 14.8. The van der Waals surface area contributed by atoms with E-state index in [9.17, 15) is 9.18 Å². The number of carbonyl (C=O) groups excluding carboxylic acids is 1. The maximum absolute atomic E-state index is 12.7. The Labute approximate surface area is 135 Å². The number of carbonyl (C=O) groups is 1. The standard InChI is InChI=1S/C14H21FN4O.BrH/c1-2-3-8-18-14(16)19-10-9-17-13(20)11-4-6-12(15)7-5-11;/h4-7H,2-3,8-10H2,1H3,(H,17,20)(H3,16,18,19);1H. The van der Waals surface area contributed by atoms with Crippen molar-refractivity contribution in [2.24, 2.45) is 10.7 Å². The Kier molecular flexibility index (Phi) is 10.2. The molecule has 0 unspecified atom stereocenters. The molecule has 7 heteroatoms. The fourth-order valence-corrected chi connectivity index (χ4v) is 1.48. The fraction of sp³-hybridized carbons (Fsp3) is 0.429. The molecule has 0 radical (unpaired) electrons. The van der Waals surface area contributed by atoms with E-state index in [0.29, 0.717) is 31.2 Å². The second-order valence-corrected chi connectivity index (χ2v) is 4.31. The van der Waals surface area contributed by atoms with Gasteiger partial charge in [0, 0.05) is 25.2 Å². The summed E-state index contributed by atoms with van der Waals surface area (Å²) < 4.78 is 12.7. The number of aliphatic imine (C=N–C) groups is 1. The van der Waals surface area contributed by atoms with E-state index in [1.165, 1.54) is 24.3 Å². The Hall–Kier alpha value is -1.63. The second kappa shape index (κ2) is 11.1. The van der Waals surface area contributed by atoms with Crippen LogP contribution in [0.15, 0.2) is 29.3 Å². The lowest BCUT2D eigenvalue weighted by Crippen LogP contribution is -2.38. The number of nitrogens with one attached hydrogen (secondary N) is 2. The van der Waals surface area contributed by atoms with E-state index in [4.69, 9.17) is 5.73 Å². The van der Waals surface area contributed by atoms with Gasteiger partial charge < -0.3 is 16.4 Å². The van der Waals surface area contributed by atoms with Crippen LogP contribution in [-0.4, -0.2) is 31.5 Å². The smallest absolute Gasteiger partial charge is 0.251 e. The molecule has 0 aliphatic rings. The van der Waals surface area contributed by atoms with Crippen molar-refractivity contribution in [1.82, 2.24) is 10.6 Å². The van der Waals surface area contributed by atoms with Gasteiger partial charge in [-0.15, -0.1) is 17.0 Å². The predicted molar refractivity (Wildman–Crippen MR) is 88.5 cm³/mol. The number of nitrogens with zero attached hydrogens (tertiary/aromatic N) is 1. The number of unbranched alkanes of at least 4 members (excludes halogenated alkanes) is 1. The minimum Gasteiger partial charge on any atom is -0.370 e. The second-order valence-electron chi connectivity index (χ2n) is 4.31. The summed E-state index contributed by atoms with van der Waals surface area (Å²) in [5, 5.41) is 5.62. The summed E-state index contributed by atoms with van der Waals surface area (Å²) in [5.41, 5.74) is 6.07. The summed E-state index contributed by atoms with van der Waals surface area (Å²) in [4.78, 5) is 15.8. The SMILES string of the molecule is Br.CCCCN=C(N)NCCNC(=O)c1ccc(F)cc1. The molecule has 118 valence electrons. The molecule has 0 aliphatic heterocycles. The van der Waals surface area contributed by atoms with Crippen LogP contribution in [-0.2, 0) is 0 Å². The lowest BCUT2D eigenvalue weighted by molar-refractivity contribution is 0.0954. The van der Waals surface area contributed by atoms with Crippen LogP contribution >= 0.6 is 17.0 Å². The van der Waals surface area contributed by atoms with Gasteiger partial charge in [-0.05, 0) is 30.7 Å². The van der Waals surface area contributed by atoms with Crippen LogP contribution in [0.5, 0.6) is 0 Å². The van der Waals surface area contributed by atoms with Gasteiger partial charge in [-0.25, -0.2) is 4.39 Å². The minimum atomic E-state index is -0.362. The molecule has 0 atom stereocenters. The van der Waals surface area contributed by atoms with Crippen molar-refractivity contribution in [3.8, 4) is 0 Å². The molecule has 0 aromatic heterocycles. The molecule has 5 nitrogen and oxygen atoms in total. The van der Waals surface area contributed by atoms with Gasteiger partial charge in [0.2, 0.25) is 0 Å². The minimum absolute atomic E-state index is 0. The van der Waals surface area contributed by atoms with Gasteiger partial charge in [0.05, 0.1) is 0 Å². The van der Waals surface area contributed by atoms with Crippen molar-refractivity contribution in [1.29, 1.82) is 0 Å². The van der Waals surface area contributed by atoms with Crippen molar-refractivity contribution in [3.05, 3.63) is 35.6 Å². The molecule has 0 saturated heterocycles. The zero-order valence-electron chi connectivity index (χ0n) is 12.1. The molecule has 0 aliphatic carbocycles. The number of rotatable bonds is 7. The highest BCUT2D eigenvalue weighted by Gasteiger charge is 2.04. The van der Waals surface area contributed by atoms with Crippen molar-refractivity contribution < 1.29 is 9.18 Å². The van der Waals surface area contributed by atoms with E-state index < -0.39 is 0 Å². The summed E-state index contributed by atoms with van der Waals surface area (Å²) in [7, 11) is 0. The van der Waals surface area contributed by atoms with Gasteiger partial charge in [0.1, 0.15) is 5.82 Å². The maximum atomic E-state index is 12.7. The van der Waals surface area contributed by atoms with Gasteiger partial charge in [-0.1, -0.05) is 13.3 Å². The lowest BCUT2D eigenvalue weighted by atomic mass is 10.2. The van der Waals surface area contributed by atoms with E-state index in [1.54, 1.807) is 0 Å². The molecule has 4 N–H and O–H groups in total. The van der Waals surface area contributed by atoms with Gasteiger partial charge in [-0.3, -0.25) is 9.79 Å². The van der Waals surface area contributed by atoms with Gasteiger partial charge in [0.15, 0.2) is 5.96 Å². The normalized spacial score (nSPS) is 10.7. The Bertz CT molecular complexity index is 451. The third kappa shape index (κ3) is 8.29.